The third kappa shape index (κ3) is 5.66. The van der Waals surface area contributed by atoms with Crippen LogP contribution in [0.3, 0.4) is 0 Å². The average molecular weight is 437 g/mol. The molecular formula is C24H27N3O5. The monoisotopic (exact) mass is 437 g/mol. The molecule has 0 fully saturated rings. The van der Waals surface area contributed by atoms with Crippen LogP contribution in [0.1, 0.15) is 42.3 Å². The molecule has 8 nitrogen and oxygen atoms in total. The topological polar surface area (TPSA) is 95.7 Å². The van der Waals surface area contributed by atoms with Crippen molar-refractivity contribution in [1.29, 1.82) is 0 Å². The Morgan fingerprint density at radius 2 is 1.69 bits per heavy atom. The predicted molar refractivity (Wildman–Crippen MR) is 121 cm³/mol. The number of aromatic nitrogens is 2. The number of nitrogens with zero attached hydrogens (tertiary/aromatic N) is 2. The number of hydrogen-bond acceptors (Lipinski definition) is 7. The van der Waals surface area contributed by atoms with Crippen molar-refractivity contribution < 1.29 is 23.4 Å². The molecule has 2 aromatic carbocycles. The molecular weight excluding hydrogens is 410 g/mol. The molecule has 0 radical (unpaired) electrons. The number of anilines is 1. The lowest BCUT2D eigenvalue weighted by Gasteiger charge is -2.12. The molecule has 0 saturated heterocycles. The number of methoxy groups -OCH3 is 3. The van der Waals surface area contributed by atoms with Gasteiger partial charge in [0, 0.05) is 6.08 Å². The first-order valence-corrected chi connectivity index (χ1v) is 10.1. The highest BCUT2D eigenvalue weighted by Crippen LogP contribution is 2.38. The Hall–Kier alpha value is -3.81. The molecule has 1 N–H and O–H groups in total. The lowest BCUT2D eigenvalue weighted by Crippen LogP contribution is -2.07. The van der Waals surface area contributed by atoms with Crippen molar-refractivity contribution in [2.45, 2.75) is 26.2 Å². The summed E-state index contributed by atoms with van der Waals surface area (Å²) in [5.74, 6) is 1.96. The van der Waals surface area contributed by atoms with Crippen LogP contribution in [0.2, 0.25) is 0 Å². The second-order valence-electron chi connectivity index (χ2n) is 7.36. The minimum absolute atomic E-state index is 0.0401. The lowest BCUT2D eigenvalue weighted by atomic mass is 10.0. The fourth-order valence-electron chi connectivity index (χ4n) is 3.09. The number of ether oxygens (including phenoxy) is 3. The van der Waals surface area contributed by atoms with Gasteiger partial charge in [-0.25, -0.2) is 0 Å². The summed E-state index contributed by atoms with van der Waals surface area (Å²) < 4.78 is 21.5. The second kappa shape index (κ2) is 10.5. The Kier molecular flexibility index (Phi) is 7.49. The van der Waals surface area contributed by atoms with Gasteiger partial charge in [0.2, 0.25) is 11.6 Å². The molecule has 32 heavy (non-hydrogen) atoms. The van der Waals surface area contributed by atoms with Crippen LogP contribution in [0, 0.1) is 0 Å². The number of rotatable bonds is 9. The van der Waals surface area contributed by atoms with Crippen LogP contribution in [-0.4, -0.2) is 37.4 Å². The lowest BCUT2D eigenvalue weighted by molar-refractivity contribution is -0.112. The summed E-state index contributed by atoms with van der Waals surface area (Å²) in [6, 6.07) is 11.8. The third-order valence-electron chi connectivity index (χ3n) is 4.81. The van der Waals surface area contributed by atoms with Gasteiger partial charge < -0.3 is 18.6 Å². The SMILES string of the molecule is COc1cc(C=CC(=O)Nc2nnc(Cc3ccc(C(C)C)cc3)o2)cc(OC)c1OC. The molecule has 0 bridgehead atoms. The minimum atomic E-state index is -0.407. The highest BCUT2D eigenvalue weighted by Gasteiger charge is 2.13. The van der Waals surface area contributed by atoms with Crippen LogP contribution < -0.4 is 19.5 Å². The van der Waals surface area contributed by atoms with Crippen LogP contribution in [-0.2, 0) is 11.2 Å². The van der Waals surface area contributed by atoms with Gasteiger partial charge in [0.1, 0.15) is 0 Å². The largest absolute Gasteiger partial charge is 0.493 e. The Morgan fingerprint density at radius 3 is 2.25 bits per heavy atom. The zero-order valence-electron chi connectivity index (χ0n) is 18.8. The summed E-state index contributed by atoms with van der Waals surface area (Å²) in [6.45, 7) is 4.30. The van der Waals surface area contributed by atoms with Crippen LogP contribution in [0.25, 0.3) is 6.08 Å². The number of amides is 1. The summed E-state index contributed by atoms with van der Waals surface area (Å²) in [5.41, 5.74) is 3.02. The van der Waals surface area contributed by atoms with Crippen molar-refractivity contribution in [2.75, 3.05) is 26.6 Å². The maximum Gasteiger partial charge on any atom is 0.322 e. The van der Waals surface area contributed by atoms with Gasteiger partial charge in [0.05, 0.1) is 27.8 Å². The van der Waals surface area contributed by atoms with E-state index >= 15 is 0 Å². The normalized spacial score (nSPS) is 11.1. The molecule has 0 atom stereocenters. The van der Waals surface area contributed by atoms with Crippen molar-refractivity contribution in [1.82, 2.24) is 10.2 Å². The van der Waals surface area contributed by atoms with Gasteiger partial charge in [0.15, 0.2) is 11.5 Å². The summed E-state index contributed by atoms with van der Waals surface area (Å²) in [6.07, 6.45) is 3.46. The van der Waals surface area contributed by atoms with E-state index in [1.54, 1.807) is 18.2 Å². The molecule has 168 valence electrons. The molecule has 0 aliphatic carbocycles. The van der Waals surface area contributed by atoms with Gasteiger partial charge in [-0.15, -0.1) is 5.10 Å². The molecule has 1 amide bonds. The smallest absolute Gasteiger partial charge is 0.322 e. The van der Waals surface area contributed by atoms with Crippen molar-refractivity contribution >= 4 is 18.0 Å². The number of carbonyl (C=O) groups is 1. The zero-order chi connectivity index (χ0) is 23.1. The number of nitrogens with one attached hydrogen (secondary N) is 1. The van der Waals surface area contributed by atoms with E-state index in [2.05, 4.69) is 41.5 Å². The van der Waals surface area contributed by atoms with Crippen molar-refractivity contribution in [2.24, 2.45) is 0 Å². The predicted octanol–water partition coefficient (Wildman–Crippen LogP) is 4.46. The molecule has 3 aromatic rings. The average Bonchev–Trinajstić information content (AvgIpc) is 3.23. The Labute approximate surface area is 187 Å². The van der Waals surface area contributed by atoms with E-state index in [9.17, 15) is 4.79 Å². The van der Waals surface area contributed by atoms with Crippen molar-refractivity contribution in [3.05, 3.63) is 65.1 Å². The number of hydrogen-bond donors (Lipinski definition) is 1. The fraction of sp³-hybridized carbons (Fsp3) is 0.292. The van der Waals surface area contributed by atoms with Crippen LogP contribution in [0.5, 0.6) is 17.2 Å². The van der Waals surface area contributed by atoms with Crippen LogP contribution in [0.4, 0.5) is 6.01 Å². The van der Waals surface area contributed by atoms with Gasteiger partial charge >= 0.3 is 6.01 Å². The summed E-state index contributed by atoms with van der Waals surface area (Å²) in [5, 5.41) is 10.5. The van der Waals surface area contributed by atoms with Gasteiger partial charge in [-0.3, -0.25) is 10.1 Å². The van der Waals surface area contributed by atoms with Crippen LogP contribution >= 0.6 is 0 Å². The van der Waals surface area contributed by atoms with E-state index < -0.39 is 5.91 Å². The molecule has 0 aliphatic rings. The minimum Gasteiger partial charge on any atom is -0.493 e. The molecule has 1 aromatic heterocycles. The first kappa shape index (κ1) is 22.9. The summed E-state index contributed by atoms with van der Waals surface area (Å²) >= 11 is 0. The van der Waals surface area contributed by atoms with E-state index in [1.807, 2.05) is 12.1 Å². The van der Waals surface area contributed by atoms with E-state index in [0.29, 0.717) is 41.0 Å². The summed E-state index contributed by atoms with van der Waals surface area (Å²) in [7, 11) is 4.59. The standard InChI is InChI=1S/C24H27N3O5/c1-15(2)18-9-6-16(7-10-18)14-22-26-27-24(32-22)25-21(28)11-8-17-12-19(29-3)23(31-5)20(13-17)30-4/h6-13,15H,14H2,1-5H3,(H,25,27,28). The highest BCUT2D eigenvalue weighted by molar-refractivity contribution is 6.00. The zero-order valence-corrected chi connectivity index (χ0v) is 18.8. The number of benzene rings is 2. The van der Waals surface area contributed by atoms with Gasteiger partial charge in [-0.05, 0) is 40.8 Å². The van der Waals surface area contributed by atoms with Crippen molar-refractivity contribution in [3.8, 4) is 17.2 Å². The van der Waals surface area contributed by atoms with Gasteiger partial charge in [-0.1, -0.05) is 43.2 Å². The first-order valence-electron chi connectivity index (χ1n) is 10.1. The molecule has 0 saturated carbocycles. The van der Waals surface area contributed by atoms with Crippen LogP contribution in [0.15, 0.2) is 46.9 Å². The fourth-order valence-corrected chi connectivity index (χ4v) is 3.09. The maximum absolute atomic E-state index is 12.3. The van der Waals surface area contributed by atoms with E-state index in [1.165, 1.54) is 33.0 Å². The third-order valence-corrected chi connectivity index (χ3v) is 4.81. The first-order chi connectivity index (χ1) is 15.4. The summed E-state index contributed by atoms with van der Waals surface area (Å²) in [4.78, 5) is 12.3. The maximum atomic E-state index is 12.3. The second-order valence-corrected chi connectivity index (χ2v) is 7.36. The van der Waals surface area contributed by atoms with E-state index in [4.69, 9.17) is 18.6 Å². The molecule has 0 unspecified atom stereocenters. The molecule has 1 heterocycles. The van der Waals surface area contributed by atoms with E-state index in [-0.39, 0.29) is 6.01 Å². The molecule has 3 rings (SSSR count). The van der Waals surface area contributed by atoms with Gasteiger partial charge in [0.25, 0.3) is 5.91 Å². The Bertz CT molecular complexity index is 1060. The van der Waals surface area contributed by atoms with Gasteiger partial charge in [-0.2, -0.15) is 0 Å². The Morgan fingerprint density at radius 1 is 1.03 bits per heavy atom. The molecule has 0 aliphatic heterocycles. The quantitative estimate of drug-likeness (QED) is 0.494. The Balaban J connectivity index is 1.63. The number of carbonyl (C=O) groups excluding carboxylic acids is 1. The molecule has 0 spiro atoms. The van der Waals surface area contributed by atoms with E-state index in [0.717, 1.165) is 5.56 Å². The molecule has 8 heteroatoms. The highest BCUT2D eigenvalue weighted by atomic mass is 16.5. The van der Waals surface area contributed by atoms with Crippen molar-refractivity contribution in [3.63, 3.8) is 0 Å².